The number of hydrogen-bond donors (Lipinski definition) is 2. The van der Waals surface area contributed by atoms with Crippen molar-refractivity contribution < 1.29 is 9.84 Å². The van der Waals surface area contributed by atoms with Crippen molar-refractivity contribution in [3.63, 3.8) is 0 Å². The Bertz CT molecular complexity index is 156. The molecule has 0 aromatic heterocycles. The minimum absolute atomic E-state index is 0.344. The standard InChI is InChI=1S/C13H29NO2/c1-4-13(15,11-14)8-6-10-16-9-5-7-12(2)3/h12,15H,4-11,14H2,1-3H3. The van der Waals surface area contributed by atoms with Crippen molar-refractivity contribution in [3.05, 3.63) is 0 Å². The van der Waals surface area contributed by atoms with Gasteiger partial charge in [0.05, 0.1) is 5.60 Å². The van der Waals surface area contributed by atoms with Crippen molar-refractivity contribution in [2.24, 2.45) is 11.7 Å². The van der Waals surface area contributed by atoms with Gasteiger partial charge in [0.15, 0.2) is 0 Å². The summed E-state index contributed by atoms with van der Waals surface area (Å²) in [5.74, 6) is 0.756. The van der Waals surface area contributed by atoms with Crippen LogP contribution in [0.3, 0.4) is 0 Å². The zero-order chi connectivity index (χ0) is 12.4. The van der Waals surface area contributed by atoms with Gasteiger partial charge in [-0.3, -0.25) is 0 Å². The van der Waals surface area contributed by atoms with Crippen LogP contribution in [0.1, 0.15) is 52.9 Å². The number of hydrogen-bond acceptors (Lipinski definition) is 3. The van der Waals surface area contributed by atoms with E-state index in [0.29, 0.717) is 6.54 Å². The molecule has 0 bridgehead atoms. The summed E-state index contributed by atoms with van der Waals surface area (Å²) in [6.07, 6.45) is 4.71. The van der Waals surface area contributed by atoms with E-state index in [-0.39, 0.29) is 0 Å². The predicted octanol–water partition coefficient (Wildman–Crippen LogP) is 2.32. The molecule has 0 saturated heterocycles. The summed E-state index contributed by atoms with van der Waals surface area (Å²) in [5.41, 5.74) is 4.84. The third-order valence-corrected chi connectivity index (χ3v) is 3.04. The molecule has 0 aromatic rings. The Hall–Kier alpha value is -0.120. The van der Waals surface area contributed by atoms with Gasteiger partial charge in [0.25, 0.3) is 0 Å². The van der Waals surface area contributed by atoms with Crippen molar-refractivity contribution in [1.82, 2.24) is 0 Å². The van der Waals surface area contributed by atoms with E-state index in [4.69, 9.17) is 10.5 Å². The largest absolute Gasteiger partial charge is 0.389 e. The molecule has 0 amide bonds. The fourth-order valence-electron chi connectivity index (χ4n) is 1.62. The highest BCUT2D eigenvalue weighted by Crippen LogP contribution is 2.15. The molecule has 0 aliphatic heterocycles. The minimum atomic E-state index is -0.679. The monoisotopic (exact) mass is 231 g/mol. The number of aliphatic hydroxyl groups is 1. The first kappa shape index (κ1) is 15.9. The van der Waals surface area contributed by atoms with Crippen molar-refractivity contribution in [1.29, 1.82) is 0 Å². The maximum atomic E-state index is 9.92. The van der Waals surface area contributed by atoms with Crippen molar-refractivity contribution in [3.8, 4) is 0 Å². The van der Waals surface area contributed by atoms with Crippen LogP contribution in [-0.4, -0.2) is 30.5 Å². The lowest BCUT2D eigenvalue weighted by atomic mass is 9.95. The molecule has 3 N–H and O–H groups in total. The van der Waals surface area contributed by atoms with Gasteiger partial charge in [0.2, 0.25) is 0 Å². The van der Waals surface area contributed by atoms with Crippen LogP contribution in [0.2, 0.25) is 0 Å². The molecule has 0 aromatic carbocycles. The van der Waals surface area contributed by atoms with Crippen LogP contribution in [0, 0.1) is 5.92 Å². The quantitative estimate of drug-likeness (QED) is 0.567. The van der Waals surface area contributed by atoms with E-state index in [9.17, 15) is 5.11 Å². The zero-order valence-electron chi connectivity index (χ0n) is 11.2. The smallest absolute Gasteiger partial charge is 0.0767 e. The summed E-state index contributed by atoms with van der Waals surface area (Å²) in [7, 11) is 0. The highest BCUT2D eigenvalue weighted by Gasteiger charge is 2.21. The molecule has 1 atom stereocenters. The first-order valence-electron chi connectivity index (χ1n) is 6.54. The molecular weight excluding hydrogens is 202 g/mol. The Kier molecular flexibility index (Phi) is 8.90. The van der Waals surface area contributed by atoms with Gasteiger partial charge in [0, 0.05) is 19.8 Å². The van der Waals surface area contributed by atoms with Crippen LogP contribution >= 0.6 is 0 Å². The first-order chi connectivity index (χ1) is 7.54. The van der Waals surface area contributed by atoms with Crippen LogP contribution in [0.5, 0.6) is 0 Å². The van der Waals surface area contributed by atoms with E-state index in [1.54, 1.807) is 0 Å². The molecule has 3 nitrogen and oxygen atoms in total. The lowest BCUT2D eigenvalue weighted by Gasteiger charge is -2.24. The molecule has 98 valence electrons. The van der Waals surface area contributed by atoms with E-state index >= 15 is 0 Å². The fraction of sp³-hybridized carbons (Fsp3) is 1.00. The highest BCUT2D eigenvalue weighted by atomic mass is 16.5. The molecule has 0 aliphatic rings. The average Bonchev–Trinajstić information content (AvgIpc) is 2.27. The third-order valence-electron chi connectivity index (χ3n) is 3.04. The first-order valence-corrected chi connectivity index (χ1v) is 6.54. The van der Waals surface area contributed by atoms with Gasteiger partial charge in [-0.1, -0.05) is 20.8 Å². The Balaban J connectivity index is 3.33. The summed E-state index contributed by atoms with van der Waals surface area (Å²) in [6, 6.07) is 0. The van der Waals surface area contributed by atoms with Crippen LogP contribution in [-0.2, 0) is 4.74 Å². The van der Waals surface area contributed by atoms with Gasteiger partial charge in [-0.15, -0.1) is 0 Å². The molecule has 0 heterocycles. The SMILES string of the molecule is CCC(O)(CN)CCCOCCCC(C)C. The van der Waals surface area contributed by atoms with Gasteiger partial charge in [-0.05, 0) is 38.0 Å². The van der Waals surface area contributed by atoms with Crippen molar-refractivity contribution in [2.45, 2.75) is 58.5 Å². The average molecular weight is 231 g/mol. The Morgan fingerprint density at radius 2 is 1.88 bits per heavy atom. The summed E-state index contributed by atoms with van der Waals surface area (Å²) >= 11 is 0. The van der Waals surface area contributed by atoms with Gasteiger partial charge in [0.1, 0.15) is 0 Å². The molecule has 0 spiro atoms. The maximum Gasteiger partial charge on any atom is 0.0767 e. The van der Waals surface area contributed by atoms with Crippen LogP contribution < -0.4 is 5.73 Å². The number of rotatable bonds is 10. The molecule has 0 radical (unpaired) electrons. The second kappa shape index (κ2) is 8.97. The van der Waals surface area contributed by atoms with Crippen LogP contribution in [0.15, 0.2) is 0 Å². The predicted molar refractivity (Wildman–Crippen MR) is 68.4 cm³/mol. The molecule has 0 rings (SSSR count). The lowest BCUT2D eigenvalue weighted by Crippen LogP contribution is -2.37. The van der Waals surface area contributed by atoms with Gasteiger partial charge < -0.3 is 15.6 Å². The summed E-state index contributed by atoms with van der Waals surface area (Å²) in [6.45, 7) is 8.34. The zero-order valence-corrected chi connectivity index (χ0v) is 11.2. The summed E-state index contributed by atoms with van der Waals surface area (Å²) in [4.78, 5) is 0. The molecule has 0 aliphatic carbocycles. The van der Waals surface area contributed by atoms with Crippen molar-refractivity contribution >= 4 is 0 Å². The second-order valence-electron chi connectivity index (χ2n) is 5.03. The molecule has 1 unspecified atom stereocenters. The Morgan fingerprint density at radius 3 is 2.38 bits per heavy atom. The van der Waals surface area contributed by atoms with E-state index in [1.165, 1.54) is 6.42 Å². The topological polar surface area (TPSA) is 55.5 Å². The van der Waals surface area contributed by atoms with Gasteiger partial charge >= 0.3 is 0 Å². The Labute approximate surface area is 100 Å². The maximum absolute atomic E-state index is 9.92. The molecule has 3 heteroatoms. The van der Waals surface area contributed by atoms with E-state index in [0.717, 1.165) is 44.8 Å². The lowest BCUT2D eigenvalue weighted by molar-refractivity contribution is 0.0231. The summed E-state index contributed by atoms with van der Waals surface area (Å²) in [5, 5.41) is 9.92. The van der Waals surface area contributed by atoms with Gasteiger partial charge in [-0.2, -0.15) is 0 Å². The van der Waals surface area contributed by atoms with Crippen molar-refractivity contribution in [2.75, 3.05) is 19.8 Å². The Morgan fingerprint density at radius 1 is 1.25 bits per heavy atom. The van der Waals surface area contributed by atoms with Crippen LogP contribution in [0.25, 0.3) is 0 Å². The second-order valence-corrected chi connectivity index (χ2v) is 5.03. The van der Waals surface area contributed by atoms with Crippen LogP contribution in [0.4, 0.5) is 0 Å². The number of nitrogens with two attached hydrogens (primary N) is 1. The minimum Gasteiger partial charge on any atom is -0.389 e. The van der Waals surface area contributed by atoms with E-state index in [2.05, 4.69) is 13.8 Å². The summed E-state index contributed by atoms with van der Waals surface area (Å²) < 4.78 is 5.52. The molecule has 0 saturated carbocycles. The van der Waals surface area contributed by atoms with E-state index < -0.39 is 5.60 Å². The fourth-order valence-corrected chi connectivity index (χ4v) is 1.62. The molecule has 16 heavy (non-hydrogen) atoms. The molecular formula is C13H29NO2. The molecule has 0 fully saturated rings. The van der Waals surface area contributed by atoms with E-state index in [1.807, 2.05) is 6.92 Å². The van der Waals surface area contributed by atoms with Gasteiger partial charge in [-0.25, -0.2) is 0 Å². The number of ether oxygens (including phenoxy) is 1. The normalized spacial score (nSPS) is 15.4. The highest BCUT2D eigenvalue weighted by molar-refractivity contribution is 4.77. The third kappa shape index (κ3) is 8.08.